The van der Waals surface area contributed by atoms with Crippen LogP contribution in [0.2, 0.25) is 0 Å². The fourth-order valence-electron chi connectivity index (χ4n) is 5.09. The number of methoxy groups -OCH3 is 1. The lowest BCUT2D eigenvalue weighted by atomic mass is 9.97. The first-order valence-corrected chi connectivity index (χ1v) is 13.7. The van der Waals surface area contributed by atoms with Gasteiger partial charge in [-0.3, -0.25) is 4.90 Å². The fraction of sp³-hybridized carbons (Fsp3) is 0.586. The van der Waals surface area contributed by atoms with Gasteiger partial charge in [-0.15, -0.1) is 0 Å². The molecule has 9 heteroatoms. The standard InChI is InChI=1S/C29H43N5O4/c1-29(2,3)38-28(36)34-11-8-22(9-12-34)19-30-20-23-17-24(27(35)25(18-23)37-4)21-32-13-15-33(16-14-32)26-7-5-6-10-31-26/h5-7,10,17-18,22,30,35H,8-9,11-16,19-21H2,1-4H3. The van der Waals surface area contributed by atoms with Crippen molar-refractivity contribution in [2.75, 3.05) is 57.8 Å². The van der Waals surface area contributed by atoms with Gasteiger partial charge >= 0.3 is 6.09 Å². The Morgan fingerprint density at radius 2 is 1.84 bits per heavy atom. The minimum absolute atomic E-state index is 0.217. The number of phenolic OH excluding ortho intramolecular Hbond substituents is 1. The van der Waals surface area contributed by atoms with Gasteiger partial charge in [-0.2, -0.15) is 0 Å². The molecule has 1 aromatic carbocycles. The van der Waals surface area contributed by atoms with Crippen LogP contribution in [0.4, 0.5) is 10.6 Å². The molecule has 0 radical (unpaired) electrons. The van der Waals surface area contributed by atoms with Crippen molar-refractivity contribution in [3.63, 3.8) is 0 Å². The Bertz CT molecular complexity index is 1040. The van der Waals surface area contributed by atoms with E-state index >= 15 is 0 Å². The molecular formula is C29H43N5O4. The fourth-order valence-corrected chi connectivity index (χ4v) is 5.09. The summed E-state index contributed by atoms with van der Waals surface area (Å²) in [5.74, 6) is 2.26. The van der Waals surface area contributed by atoms with E-state index in [0.717, 1.165) is 75.6 Å². The SMILES string of the molecule is COc1cc(CNCC2CCN(C(=O)OC(C)(C)C)CC2)cc(CN2CCN(c3ccccn3)CC2)c1O. The number of phenols is 1. The molecule has 4 rings (SSSR count). The van der Waals surface area contributed by atoms with Gasteiger partial charge in [0, 0.05) is 64.1 Å². The molecule has 0 saturated carbocycles. The highest BCUT2D eigenvalue weighted by molar-refractivity contribution is 5.68. The van der Waals surface area contributed by atoms with Crippen molar-refractivity contribution in [1.82, 2.24) is 20.1 Å². The van der Waals surface area contributed by atoms with E-state index in [1.54, 1.807) is 7.11 Å². The van der Waals surface area contributed by atoms with E-state index in [1.807, 2.05) is 56.1 Å². The molecule has 0 spiro atoms. The summed E-state index contributed by atoms with van der Waals surface area (Å²) in [5.41, 5.74) is 1.51. The van der Waals surface area contributed by atoms with E-state index in [-0.39, 0.29) is 11.8 Å². The zero-order chi connectivity index (χ0) is 27.1. The third kappa shape index (κ3) is 7.74. The molecule has 2 aromatic rings. The summed E-state index contributed by atoms with van der Waals surface area (Å²) in [5, 5.41) is 14.4. The first-order chi connectivity index (χ1) is 18.2. The van der Waals surface area contributed by atoms with Crippen molar-refractivity contribution in [1.29, 1.82) is 0 Å². The van der Waals surface area contributed by atoms with Crippen LogP contribution in [0.3, 0.4) is 0 Å². The molecular weight excluding hydrogens is 482 g/mol. The van der Waals surface area contributed by atoms with Crippen molar-refractivity contribution in [2.45, 2.75) is 52.3 Å². The van der Waals surface area contributed by atoms with Gasteiger partial charge in [0.1, 0.15) is 11.4 Å². The number of aromatic hydroxyl groups is 1. The third-order valence-electron chi connectivity index (χ3n) is 7.20. The Balaban J connectivity index is 1.26. The number of carbonyl (C=O) groups is 1. The lowest BCUT2D eigenvalue weighted by Gasteiger charge is -2.35. The second-order valence-corrected chi connectivity index (χ2v) is 11.3. The van der Waals surface area contributed by atoms with Crippen molar-refractivity contribution in [2.24, 2.45) is 5.92 Å². The van der Waals surface area contributed by atoms with Crippen LogP contribution in [0.25, 0.3) is 0 Å². The highest BCUT2D eigenvalue weighted by Crippen LogP contribution is 2.33. The molecule has 1 aromatic heterocycles. The van der Waals surface area contributed by atoms with Crippen LogP contribution in [0.5, 0.6) is 11.5 Å². The van der Waals surface area contributed by atoms with Crippen LogP contribution in [0.1, 0.15) is 44.7 Å². The van der Waals surface area contributed by atoms with E-state index in [0.29, 0.717) is 24.8 Å². The number of nitrogens with zero attached hydrogens (tertiary/aromatic N) is 4. The first kappa shape index (κ1) is 28.0. The second-order valence-electron chi connectivity index (χ2n) is 11.3. The average Bonchev–Trinajstić information content (AvgIpc) is 2.90. The maximum atomic E-state index is 12.3. The van der Waals surface area contributed by atoms with Crippen LogP contribution in [-0.4, -0.2) is 84.5 Å². The molecule has 0 bridgehead atoms. The van der Waals surface area contributed by atoms with Gasteiger partial charge in [-0.25, -0.2) is 9.78 Å². The van der Waals surface area contributed by atoms with Crippen LogP contribution < -0.4 is 15.0 Å². The lowest BCUT2D eigenvalue weighted by molar-refractivity contribution is 0.0184. The van der Waals surface area contributed by atoms with Gasteiger partial charge in [0.25, 0.3) is 0 Å². The van der Waals surface area contributed by atoms with Gasteiger partial charge in [0.05, 0.1) is 7.11 Å². The van der Waals surface area contributed by atoms with Crippen LogP contribution in [0, 0.1) is 5.92 Å². The smallest absolute Gasteiger partial charge is 0.410 e. The molecule has 2 N–H and O–H groups in total. The largest absolute Gasteiger partial charge is 0.504 e. The predicted molar refractivity (Wildman–Crippen MR) is 149 cm³/mol. The predicted octanol–water partition coefficient (Wildman–Crippen LogP) is 3.85. The van der Waals surface area contributed by atoms with Gasteiger partial charge in [-0.05, 0) is 75.9 Å². The van der Waals surface area contributed by atoms with Gasteiger partial charge < -0.3 is 29.7 Å². The molecule has 208 valence electrons. The molecule has 2 saturated heterocycles. The third-order valence-corrected chi connectivity index (χ3v) is 7.20. The van der Waals surface area contributed by atoms with Crippen molar-refractivity contribution < 1.29 is 19.4 Å². The summed E-state index contributed by atoms with van der Waals surface area (Å²) in [6, 6.07) is 10.0. The summed E-state index contributed by atoms with van der Waals surface area (Å²) in [6.45, 7) is 13.0. The maximum absolute atomic E-state index is 12.3. The van der Waals surface area contributed by atoms with Crippen LogP contribution in [0.15, 0.2) is 36.5 Å². The Morgan fingerprint density at radius 3 is 2.47 bits per heavy atom. The molecule has 0 unspecified atom stereocenters. The first-order valence-electron chi connectivity index (χ1n) is 13.7. The number of carbonyl (C=O) groups excluding carboxylic acids is 1. The molecule has 2 fully saturated rings. The van der Waals surface area contributed by atoms with Gasteiger partial charge in [-0.1, -0.05) is 6.07 Å². The number of piperidine rings is 1. The van der Waals surface area contributed by atoms with Crippen molar-refractivity contribution in [3.8, 4) is 11.5 Å². The van der Waals surface area contributed by atoms with Gasteiger partial charge in [0.2, 0.25) is 0 Å². The number of amides is 1. The summed E-state index contributed by atoms with van der Waals surface area (Å²) in [4.78, 5) is 23.3. The summed E-state index contributed by atoms with van der Waals surface area (Å²) in [7, 11) is 1.60. The highest BCUT2D eigenvalue weighted by atomic mass is 16.6. The Morgan fingerprint density at radius 1 is 1.11 bits per heavy atom. The zero-order valence-corrected chi connectivity index (χ0v) is 23.3. The molecule has 9 nitrogen and oxygen atoms in total. The Labute approximate surface area is 226 Å². The van der Waals surface area contributed by atoms with E-state index in [2.05, 4.69) is 26.2 Å². The molecule has 2 aliphatic rings. The number of piperazine rings is 1. The number of hydrogen-bond donors (Lipinski definition) is 2. The number of aromatic nitrogens is 1. The molecule has 3 heterocycles. The average molecular weight is 526 g/mol. The number of rotatable bonds is 8. The van der Waals surface area contributed by atoms with Gasteiger partial charge in [0.15, 0.2) is 11.5 Å². The number of ether oxygens (including phenoxy) is 2. The minimum Gasteiger partial charge on any atom is -0.504 e. The Kier molecular flexibility index (Phi) is 9.33. The normalized spacial score (nSPS) is 17.5. The number of anilines is 1. The highest BCUT2D eigenvalue weighted by Gasteiger charge is 2.27. The van der Waals surface area contributed by atoms with Crippen LogP contribution in [-0.2, 0) is 17.8 Å². The summed E-state index contributed by atoms with van der Waals surface area (Å²) < 4.78 is 11.0. The Hall–Kier alpha value is -3.04. The number of nitrogens with one attached hydrogen (secondary N) is 1. The van der Waals surface area contributed by atoms with E-state index in [4.69, 9.17) is 9.47 Å². The quantitative estimate of drug-likeness (QED) is 0.537. The topological polar surface area (TPSA) is 90.4 Å². The molecule has 38 heavy (non-hydrogen) atoms. The molecule has 2 aliphatic heterocycles. The molecule has 1 amide bonds. The van der Waals surface area contributed by atoms with Crippen LogP contribution >= 0.6 is 0 Å². The zero-order valence-electron chi connectivity index (χ0n) is 23.3. The summed E-state index contributed by atoms with van der Waals surface area (Å²) >= 11 is 0. The van der Waals surface area contributed by atoms with E-state index in [9.17, 15) is 9.90 Å². The molecule has 0 aliphatic carbocycles. The lowest BCUT2D eigenvalue weighted by Crippen LogP contribution is -2.46. The second kappa shape index (κ2) is 12.7. The number of likely N-dealkylation sites (tertiary alicyclic amines) is 1. The molecule has 0 atom stereocenters. The maximum Gasteiger partial charge on any atom is 0.410 e. The van der Waals surface area contributed by atoms with E-state index < -0.39 is 5.60 Å². The minimum atomic E-state index is -0.465. The number of benzene rings is 1. The monoisotopic (exact) mass is 525 g/mol. The van der Waals surface area contributed by atoms with Crippen molar-refractivity contribution in [3.05, 3.63) is 47.7 Å². The van der Waals surface area contributed by atoms with E-state index in [1.165, 1.54) is 0 Å². The number of pyridine rings is 1. The summed E-state index contributed by atoms with van der Waals surface area (Å²) in [6.07, 6.45) is 3.53. The number of hydrogen-bond acceptors (Lipinski definition) is 8. The van der Waals surface area contributed by atoms with Crippen molar-refractivity contribution >= 4 is 11.9 Å².